The third kappa shape index (κ3) is 8.57. The number of aliphatic carboxylic acids is 1. The second kappa shape index (κ2) is 15.1. The number of thioether (sulfide) groups is 1. The van der Waals surface area contributed by atoms with Crippen molar-refractivity contribution >= 4 is 46.4 Å². The van der Waals surface area contributed by atoms with E-state index in [4.69, 9.17) is 5.73 Å². The summed E-state index contributed by atoms with van der Waals surface area (Å²) in [5.41, 5.74) is 8.03. The van der Waals surface area contributed by atoms with Gasteiger partial charge in [-0.05, 0) is 35.6 Å². The molecule has 0 aliphatic heterocycles. The summed E-state index contributed by atoms with van der Waals surface area (Å²) in [5, 5.41) is 27.6. The number of benzene rings is 2. The van der Waals surface area contributed by atoms with Gasteiger partial charge in [0.25, 0.3) is 0 Å². The number of aliphatic hydroxyl groups excluding tert-OH is 1. The van der Waals surface area contributed by atoms with Gasteiger partial charge in [-0.1, -0.05) is 48.5 Å². The van der Waals surface area contributed by atoms with Gasteiger partial charge in [-0.25, -0.2) is 4.79 Å². The number of amides is 3. The molecule has 8 N–H and O–H groups in total. The van der Waals surface area contributed by atoms with Gasteiger partial charge in [0.05, 0.1) is 6.61 Å². The highest BCUT2D eigenvalue weighted by Crippen LogP contribution is 2.19. The van der Waals surface area contributed by atoms with E-state index in [9.17, 15) is 29.4 Å². The molecular formula is C28H35N5O6S. The van der Waals surface area contributed by atoms with Crippen LogP contribution in [-0.4, -0.2) is 81.7 Å². The molecule has 3 aromatic rings. The van der Waals surface area contributed by atoms with Crippen molar-refractivity contribution < 1.29 is 29.4 Å². The quantitative estimate of drug-likeness (QED) is 0.138. The fraction of sp³-hybridized carbons (Fsp3) is 0.357. The van der Waals surface area contributed by atoms with E-state index in [1.165, 1.54) is 11.8 Å². The molecular weight excluding hydrogens is 534 g/mol. The molecule has 12 heteroatoms. The molecule has 0 saturated carbocycles. The lowest BCUT2D eigenvalue weighted by Crippen LogP contribution is -2.58. The molecule has 11 nitrogen and oxygen atoms in total. The molecule has 4 unspecified atom stereocenters. The molecule has 3 rings (SSSR count). The molecule has 0 radical (unpaired) electrons. The second-order valence-electron chi connectivity index (χ2n) is 9.35. The minimum Gasteiger partial charge on any atom is -0.480 e. The topological polar surface area (TPSA) is 187 Å². The van der Waals surface area contributed by atoms with Crippen LogP contribution in [0.15, 0.2) is 60.8 Å². The third-order valence-corrected chi connectivity index (χ3v) is 7.05. The maximum Gasteiger partial charge on any atom is 0.326 e. The van der Waals surface area contributed by atoms with Crippen LogP contribution in [-0.2, 0) is 32.0 Å². The first-order chi connectivity index (χ1) is 19.2. The van der Waals surface area contributed by atoms with Gasteiger partial charge >= 0.3 is 5.97 Å². The van der Waals surface area contributed by atoms with Gasteiger partial charge < -0.3 is 36.9 Å². The Morgan fingerprint density at radius 1 is 0.875 bits per heavy atom. The van der Waals surface area contributed by atoms with Crippen molar-refractivity contribution in [1.29, 1.82) is 0 Å². The Morgan fingerprint density at radius 3 is 2.12 bits per heavy atom. The molecule has 0 aliphatic rings. The van der Waals surface area contributed by atoms with Crippen molar-refractivity contribution in [3.63, 3.8) is 0 Å². The number of nitrogens with two attached hydrogens (primary N) is 1. The Labute approximate surface area is 236 Å². The van der Waals surface area contributed by atoms with Crippen LogP contribution in [0.3, 0.4) is 0 Å². The van der Waals surface area contributed by atoms with Gasteiger partial charge in [-0.2, -0.15) is 11.8 Å². The Hall–Kier alpha value is -3.87. The molecule has 4 atom stereocenters. The van der Waals surface area contributed by atoms with Crippen LogP contribution in [0.2, 0.25) is 0 Å². The number of aromatic nitrogens is 1. The summed E-state index contributed by atoms with van der Waals surface area (Å²) < 4.78 is 0. The first-order valence-electron chi connectivity index (χ1n) is 12.8. The van der Waals surface area contributed by atoms with Crippen molar-refractivity contribution in [2.45, 2.75) is 43.4 Å². The first kappa shape index (κ1) is 30.7. The molecule has 3 amide bonds. The number of hydrogen-bond acceptors (Lipinski definition) is 7. The number of H-pyrrole nitrogens is 1. The third-order valence-electron chi connectivity index (χ3n) is 6.41. The normalized spacial score (nSPS) is 14.1. The zero-order valence-electron chi connectivity index (χ0n) is 22.1. The number of carboxylic acids is 1. The number of carboxylic acid groups (broad SMARTS) is 1. The summed E-state index contributed by atoms with van der Waals surface area (Å²) in [4.78, 5) is 54.4. The fourth-order valence-electron chi connectivity index (χ4n) is 4.19. The van der Waals surface area contributed by atoms with Crippen LogP contribution >= 0.6 is 11.8 Å². The number of aliphatic hydroxyl groups is 1. The van der Waals surface area contributed by atoms with Gasteiger partial charge in [0.1, 0.15) is 24.2 Å². The van der Waals surface area contributed by atoms with Crippen molar-refractivity contribution in [3.05, 3.63) is 71.9 Å². The predicted molar refractivity (Wildman–Crippen MR) is 154 cm³/mol. The summed E-state index contributed by atoms with van der Waals surface area (Å²) in [7, 11) is 0. The van der Waals surface area contributed by atoms with Crippen LogP contribution in [0.4, 0.5) is 0 Å². The van der Waals surface area contributed by atoms with Crippen LogP contribution in [0.5, 0.6) is 0 Å². The van der Waals surface area contributed by atoms with E-state index in [1.807, 2.05) is 36.6 Å². The van der Waals surface area contributed by atoms with E-state index >= 15 is 0 Å². The van der Waals surface area contributed by atoms with E-state index in [-0.39, 0.29) is 19.3 Å². The van der Waals surface area contributed by atoms with E-state index in [1.54, 1.807) is 30.5 Å². The number of carbonyl (C=O) groups is 4. The average Bonchev–Trinajstić information content (AvgIpc) is 3.36. The van der Waals surface area contributed by atoms with Gasteiger partial charge in [0, 0.05) is 29.9 Å². The monoisotopic (exact) mass is 569 g/mol. The SMILES string of the molecule is CSCCC(NC(=O)C(Cc1ccccc1)NC(=O)C(Cc1c[nH]c2ccccc12)NC(=O)C(N)CO)C(=O)O. The molecule has 0 aliphatic carbocycles. The highest BCUT2D eigenvalue weighted by molar-refractivity contribution is 7.98. The summed E-state index contributed by atoms with van der Waals surface area (Å²) in [5.74, 6) is -2.69. The Balaban J connectivity index is 1.87. The second-order valence-corrected chi connectivity index (χ2v) is 10.3. The van der Waals surface area contributed by atoms with Crippen molar-refractivity contribution in [2.75, 3.05) is 18.6 Å². The Kier molecular flexibility index (Phi) is 11.5. The average molecular weight is 570 g/mol. The van der Waals surface area contributed by atoms with Crippen LogP contribution in [0.25, 0.3) is 10.9 Å². The number of nitrogens with one attached hydrogen (secondary N) is 4. The summed E-state index contributed by atoms with van der Waals surface area (Å²) >= 11 is 1.46. The summed E-state index contributed by atoms with van der Waals surface area (Å²) in [6, 6.07) is 11.8. The minimum atomic E-state index is -1.24. The maximum atomic E-state index is 13.6. The molecule has 1 aromatic heterocycles. The molecule has 2 aromatic carbocycles. The van der Waals surface area contributed by atoms with Crippen molar-refractivity contribution in [2.24, 2.45) is 5.73 Å². The molecule has 1 heterocycles. The molecule has 0 spiro atoms. The largest absolute Gasteiger partial charge is 0.480 e. The fourth-order valence-corrected chi connectivity index (χ4v) is 4.66. The van der Waals surface area contributed by atoms with E-state index in [0.717, 1.165) is 22.0 Å². The van der Waals surface area contributed by atoms with Crippen molar-refractivity contribution in [1.82, 2.24) is 20.9 Å². The number of rotatable bonds is 15. The molecule has 0 bridgehead atoms. The Morgan fingerprint density at radius 2 is 1.48 bits per heavy atom. The van der Waals surface area contributed by atoms with Crippen molar-refractivity contribution in [3.8, 4) is 0 Å². The van der Waals surface area contributed by atoms with E-state index in [0.29, 0.717) is 5.75 Å². The smallest absolute Gasteiger partial charge is 0.326 e. The van der Waals surface area contributed by atoms with Crippen LogP contribution in [0.1, 0.15) is 17.5 Å². The number of hydrogen-bond donors (Lipinski definition) is 7. The summed E-state index contributed by atoms with van der Waals surface area (Å²) in [6.45, 7) is -0.612. The lowest BCUT2D eigenvalue weighted by molar-refractivity contribution is -0.142. The number of para-hydroxylation sites is 1. The van der Waals surface area contributed by atoms with Gasteiger partial charge in [0.15, 0.2) is 0 Å². The number of fused-ring (bicyclic) bond motifs is 1. The maximum absolute atomic E-state index is 13.6. The predicted octanol–water partition coefficient (Wildman–Crippen LogP) is 0.565. The Bertz CT molecular complexity index is 1300. The van der Waals surface area contributed by atoms with Crippen LogP contribution < -0.4 is 21.7 Å². The lowest BCUT2D eigenvalue weighted by atomic mass is 10.0. The lowest BCUT2D eigenvalue weighted by Gasteiger charge is -2.25. The zero-order valence-corrected chi connectivity index (χ0v) is 22.9. The minimum absolute atomic E-state index is 0.0743. The molecule has 214 valence electrons. The number of carbonyl (C=O) groups excluding carboxylic acids is 3. The highest BCUT2D eigenvalue weighted by Gasteiger charge is 2.31. The van der Waals surface area contributed by atoms with E-state index in [2.05, 4.69) is 20.9 Å². The van der Waals surface area contributed by atoms with Gasteiger partial charge in [-0.15, -0.1) is 0 Å². The summed E-state index contributed by atoms with van der Waals surface area (Å²) in [6.07, 6.45) is 3.96. The van der Waals surface area contributed by atoms with Gasteiger partial charge in [0.2, 0.25) is 17.7 Å². The standard InChI is InChI=1S/C28H35N5O6S/c1-40-12-11-22(28(38)39)31-26(36)23(13-17-7-3-2-4-8-17)33-27(37)24(32-25(35)20(29)16-34)14-18-15-30-21-10-6-5-9-19(18)21/h2-10,15,20,22-24,30,34H,11-14,16,29H2,1H3,(H,31,36)(H,32,35)(H,33,37)(H,38,39). The first-order valence-corrected chi connectivity index (χ1v) is 14.2. The van der Waals surface area contributed by atoms with E-state index < -0.39 is 54.5 Å². The zero-order chi connectivity index (χ0) is 29.1. The number of aromatic amines is 1. The molecule has 0 saturated heterocycles. The van der Waals surface area contributed by atoms with Crippen LogP contribution in [0, 0.1) is 0 Å². The molecule has 40 heavy (non-hydrogen) atoms. The molecule has 0 fully saturated rings. The highest BCUT2D eigenvalue weighted by atomic mass is 32.2. The van der Waals surface area contributed by atoms with Gasteiger partial charge in [-0.3, -0.25) is 14.4 Å².